The van der Waals surface area contributed by atoms with E-state index in [1.165, 1.54) is 0 Å². The van der Waals surface area contributed by atoms with E-state index in [0.717, 1.165) is 23.8 Å². The van der Waals surface area contributed by atoms with Crippen LogP contribution >= 0.6 is 0 Å². The molecule has 126 valence electrons. The lowest BCUT2D eigenvalue weighted by molar-refractivity contribution is -0.124. The first-order chi connectivity index (χ1) is 11.4. The number of hydrogen-bond acceptors (Lipinski definition) is 4. The van der Waals surface area contributed by atoms with Crippen molar-refractivity contribution in [3.8, 4) is 5.75 Å². The SMILES string of the molecule is CS(=O)(=O)Oc1ccc(C2CCNC(=O)C2c2ccccc2)cc1. The number of piperidine rings is 1. The van der Waals surface area contributed by atoms with E-state index in [9.17, 15) is 13.2 Å². The Morgan fingerprint density at radius 3 is 2.29 bits per heavy atom. The summed E-state index contributed by atoms with van der Waals surface area (Å²) in [6.07, 6.45) is 1.84. The van der Waals surface area contributed by atoms with Crippen molar-refractivity contribution in [1.82, 2.24) is 5.32 Å². The largest absolute Gasteiger partial charge is 0.383 e. The fraction of sp³-hybridized carbons (Fsp3) is 0.278. The lowest BCUT2D eigenvalue weighted by Gasteiger charge is -2.31. The van der Waals surface area contributed by atoms with Crippen LogP contribution < -0.4 is 9.50 Å². The third-order valence-electron chi connectivity index (χ3n) is 4.15. The minimum atomic E-state index is -3.54. The zero-order valence-corrected chi connectivity index (χ0v) is 14.1. The molecule has 0 aromatic heterocycles. The molecule has 2 aromatic carbocycles. The molecule has 0 radical (unpaired) electrons. The number of rotatable bonds is 4. The van der Waals surface area contributed by atoms with Crippen LogP contribution in [0.3, 0.4) is 0 Å². The predicted molar refractivity (Wildman–Crippen MR) is 91.5 cm³/mol. The lowest BCUT2D eigenvalue weighted by Crippen LogP contribution is -2.39. The van der Waals surface area contributed by atoms with Crippen molar-refractivity contribution in [3.05, 3.63) is 65.7 Å². The number of carbonyl (C=O) groups is 1. The standard InChI is InChI=1S/C18H19NO4S/c1-24(21,22)23-15-9-7-13(8-10-15)16-11-12-19-18(20)17(16)14-5-3-2-4-6-14/h2-10,16-17H,11-12H2,1H3,(H,19,20). The molecule has 1 aliphatic heterocycles. The van der Waals surface area contributed by atoms with Gasteiger partial charge in [0.1, 0.15) is 5.75 Å². The molecule has 2 unspecified atom stereocenters. The third-order valence-corrected chi connectivity index (χ3v) is 4.65. The molecule has 1 heterocycles. The van der Waals surface area contributed by atoms with Gasteiger partial charge in [-0.25, -0.2) is 0 Å². The summed E-state index contributed by atoms with van der Waals surface area (Å²) in [5, 5.41) is 2.93. The van der Waals surface area contributed by atoms with E-state index in [2.05, 4.69) is 5.32 Å². The zero-order valence-electron chi connectivity index (χ0n) is 13.3. The van der Waals surface area contributed by atoms with Crippen molar-refractivity contribution in [2.45, 2.75) is 18.3 Å². The Morgan fingerprint density at radius 1 is 1.00 bits per heavy atom. The van der Waals surface area contributed by atoms with E-state index >= 15 is 0 Å². The molecule has 2 atom stereocenters. The molecule has 5 nitrogen and oxygen atoms in total. The summed E-state index contributed by atoms with van der Waals surface area (Å²) in [7, 11) is -3.54. The highest BCUT2D eigenvalue weighted by molar-refractivity contribution is 7.86. The Hall–Kier alpha value is -2.34. The van der Waals surface area contributed by atoms with Crippen LogP contribution in [0.2, 0.25) is 0 Å². The maximum Gasteiger partial charge on any atom is 0.306 e. The minimum absolute atomic E-state index is 0.0221. The quantitative estimate of drug-likeness (QED) is 0.864. The molecule has 2 aromatic rings. The number of nitrogens with one attached hydrogen (secondary N) is 1. The van der Waals surface area contributed by atoms with Crippen molar-refractivity contribution >= 4 is 16.0 Å². The monoisotopic (exact) mass is 345 g/mol. The summed E-state index contributed by atoms with van der Waals surface area (Å²) in [5.74, 6) is 0.0988. The van der Waals surface area contributed by atoms with Crippen molar-refractivity contribution in [3.63, 3.8) is 0 Å². The Bertz CT molecular complexity index is 816. The van der Waals surface area contributed by atoms with E-state index in [0.29, 0.717) is 6.54 Å². The first-order valence-corrected chi connectivity index (χ1v) is 9.58. The molecule has 1 saturated heterocycles. The fourth-order valence-corrected chi connectivity index (χ4v) is 3.62. The second-order valence-electron chi connectivity index (χ2n) is 5.93. The summed E-state index contributed by atoms with van der Waals surface area (Å²) in [5.41, 5.74) is 1.98. The minimum Gasteiger partial charge on any atom is -0.383 e. The van der Waals surface area contributed by atoms with Gasteiger partial charge in [-0.05, 0) is 29.7 Å². The first-order valence-electron chi connectivity index (χ1n) is 7.76. The van der Waals surface area contributed by atoms with Gasteiger partial charge in [0.25, 0.3) is 0 Å². The molecule has 6 heteroatoms. The fourth-order valence-electron chi connectivity index (χ4n) is 3.16. The molecule has 3 rings (SSSR count). The van der Waals surface area contributed by atoms with Crippen molar-refractivity contribution in [2.75, 3.05) is 12.8 Å². The van der Waals surface area contributed by atoms with E-state index in [-0.39, 0.29) is 23.5 Å². The topological polar surface area (TPSA) is 72.5 Å². The molecule has 1 N–H and O–H groups in total. The normalized spacial score (nSPS) is 21.1. The smallest absolute Gasteiger partial charge is 0.306 e. The lowest BCUT2D eigenvalue weighted by atomic mass is 9.77. The Kier molecular flexibility index (Phi) is 4.57. The summed E-state index contributed by atoms with van der Waals surface area (Å²) < 4.78 is 27.3. The number of benzene rings is 2. The van der Waals surface area contributed by atoms with Crippen LogP contribution in [0.25, 0.3) is 0 Å². The van der Waals surface area contributed by atoms with Crippen LogP contribution in [0.1, 0.15) is 29.4 Å². The van der Waals surface area contributed by atoms with Gasteiger partial charge >= 0.3 is 10.1 Å². The van der Waals surface area contributed by atoms with Crippen LogP contribution in [-0.4, -0.2) is 27.1 Å². The molecular weight excluding hydrogens is 326 g/mol. The highest BCUT2D eigenvalue weighted by Crippen LogP contribution is 2.38. The van der Waals surface area contributed by atoms with E-state index in [1.807, 2.05) is 42.5 Å². The summed E-state index contributed by atoms with van der Waals surface area (Å²) in [6.45, 7) is 0.633. The molecule has 1 fully saturated rings. The molecule has 0 saturated carbocycles. The molecule has 0 bridgehead atoms. The molecule has 0 aliphatic carbocycles. The molecule has 1 amide bonds. The summed E-state index contributed by atoms with van der Waals surface area (Å²) >= 11 is 0. The Labute approximate surface area is 141 Å². The van der Waals surface area contributed by atoms with E-state index in [1.54, 1.807) is 12.1 Å². The van der Waals surface area contributed by atoms with Crippen LogP contribution in [0.5, 0.6) is 5.75 Å². The van der Waals surface area contributed by atoms with Gasteiger partial charge in [0, 0.05) is 12.5 Å². The van der Waals surface area contributed by atoms with Crippen LogP contribution in [0.15, 0.2) is 54.6 Å². The van der Waals surface area contributed by atoms with Gasteiger partial charge in [-0.3, -0.25) is 4.79 Å². The van der Waals surface area contributed by atoms with Crippen LogP contribution in [0.4, 0.5) is 0 Å². The molecule has 24 heavy (non-hydrogen) atoms. The zero-order chi connectivity index (χ0) is 17.2. The maximum absolute atomic E-state index is 12.4. The van der Waals surface area contributed by atoms with Gasteiger partial charge in [0.15, 0.2) is 0 Å². The maximum atomic E-state index is 12.4. The van der Waals surface area contributed by atoms with Crippen molar-refractivity contribution in [2.24, 2.45) is 0 Å². The Morgan fingerprint density at radius 2 is 1.67 bits per heavy atom. The highest BCUT2D eigenvalue weighted by atomic mass is 32.2. The van der Waals surface area contributed by atoms with Crippen LogP contribution in [-0.2, 0) is 14.9 Å². The number of amides is 1. The van der Waals surface area contributed by atoms with Gasteiger partial charge in [-0.2, -0.15) is 8.42 Å². The Balaban J connectivity index is 1.89. The summed E-state index contributed by atoms with van der Waals surface area (Å²) in [6, 6.07) is 16.6. The van der Waals surface area contributed by atoms with Gasteiger partial charge in [-0.15, -0.1) is 0 Å². The van der Waals surface area contributed by atoms with Gasteiger partial charge in [-0.1, -0.05) is 42.5 Å². The van der Waals surface area contributed by atoms with Crippen molar-refractivity contribution < 1.29 is 17.4 Å². The van der Waals surface area contributed by atoms with Gasteiger partial charge in [0.05, 0.1) is 12.2 Å². The van der Waals surface area contributed by atoms with Gasteiger partial charge in [0.2, 0.25) is 5.91 Å². The molecule has 0 spiro atoms. The second-order valence-corrected chi connectivity index (χ2v) is 7.51. The number of hydrogen-bond donors (Lipinski definition) is 1. The predicted octanol–water partition coefficient (Wildman–Crippen LogP) is 2.41. The molecular formula is C18H19NO4S. The van der Waals surface area contributed by atoms with E-state index < -0.39 is 10.1 Å². The number of carbonyl (C=O) groups excluding carboxylic acids is 1. The average molecular weight is 345 g/mol. The van der Waals surface area contributed by atoms with E-state index in [4.69, 9.17) is 4.18 Å². The third kappa shape index (κ3) is 3.76. The average Bonchev–Trinajstić information content (AvgIpc) is 2.55. The van der Waals surface area contributed by atoms with Crippen molar-refractivity contribution in [1.29, 1.82) is 0 Å². The van der Waals surface area contributed by atoms with Gasteiger partial charge < -0.3 is 9.50 Å². The highest BCUT2D eigenvalue weighted by Gasteiger charge is 2.34. The second kappa shape index (κ2) is 6.65. The van der Waals surface area contributed by atoms with Crippen LogP contribution in [0, 0.1) is 0 Å². The molecule has 1 aliphatic rings. The summed E-state index contributed by atoms with van der Waals surface area (Å²) in [4.78, 5) is 12.4. The first kappa shape index (κ1) is 16.5.